The largest absolute Gasteiger partial charge is 0.490 e. The summed E-state index contributed by atoms with van der Waals surface area (Å²) in [5.74, 6) is 0.985. The molecule has 0 amide bonds. The van der Waals surface area contributed by atoms with Crippen molar-refractivity contribution >= 4 is 0 Å². The van der Waals surface area contributed by atoms with Gasteiger partial charge in [-0.15, -0.1) is 0 Å². The van der Waals surface area contributed by atoms with Crippen molar-refractivity contribution < 1.29 is 4.74 Å². The zero-order valence-electron chi connectivity index (χ0n) is 10.7. The standard InChI is InChI=1S/C15H23NO/c1-2-15(16)12-7-6-10-14(11-12)17-13-8-4-3-5-9-13/h6-7,10-11,13,15H,2-5,8-9,16H2,1H3. The normalized spacial score (nSPS) is 18.9. The van der Waals surface area contributed by atoms with Gasteiger partial charge in [-0.2, -0.15) is 0 Å². The second kappa shape index (κ2) is 6.06. The molecule has 17 heavy (non-hydrogen) atoms. The summed E-state index contributed by atoms with van der Waals surface area (Å²) in [6.45, 7) is 2.11. The highest BCUT2D eigenvalue weighted by Crippen LogP contribution is 2.25. The lowest BCUT2D eigenvalue weighted by Gasteiger charge is -2.23. The molecule has 0 aliphatic heterocycles. The molecule has 2 heteroatoms. The smallest absolute Gasteiger partial charge is 0.120 e. The molecule has 0 aromatic heterocycles. The molecule has 2 nitrogen and oxygen atoms in total. The first-order valence-electron chi connectivity index (χ1n) is 6.82. The average molecular weight is 233 g/mol. The van der Waals surface area contributed by atoms with Gasteiger partial charge >= 0.3 is 0 Å². The summed E-state index contributed by atoms with van der Waals surface area (Å²) in [5, 5.41) is 0. The van der Waals surface area contributed by atoms with E-state index in [0.717, 1.165) is 12.2 Å². The van der Waals surface area contributed by atoms with E-state index in [1.54, 1.807) is 0 Å². The minimum absolute atomic E-state index is 0.130. The zero-order chi connectivity index (χ0) is 12.1. The third-order valence-corrected chi connectivity index (χ3v) is 3.58. The van der Waals surface area contributed by atoms with Crippen LogP contribution in [0, 0.1) is 0 Å². The van der Waals surface area contributed by atoms with E-state index in [9.17, 15) is 0 Å². The summed E-state index contributed by atoms with van der Waals surface area (Å²) in [7, 11) is 0. The summed E-state index contributed by atoms with van der Waals surface area (Å²) < 4.78 is 6.04. The Morgan fingerprint density at radius 2 is 2.06 bits per heavy atom. The van der Waals surface area contributed by atoms with Crippen molar-refractivity contribution in [2.75, 3.05) is 0 Å². The van der Waals surface area contributed by atoms with E-state index in [1.165, 1.54) is 37.7 Å². The molecule has 2 rings (SSSR count). The van der Waals surface area contributed by atoms with Crippen molar-refractivity contribution in [1.82, 2.24) is 0 Å². The van der Waals surface area contributed by atoms with Crippen LogP contribution in [-0.4, -0.2) is 6.10 Å². The van der Waals surface area contributed by atoms with Gasteiger partial charge in [0.2, 0.25) is 0 Å². The van der Waals surface area contributed by atoms with Crippen LogP contribution < -0.4 is 10.5 Å². The van der Waals surface area contributed by atoms with E-state index in [1.807, 2.05) is 12.1 Å². The fourth-order valence-corrected chi connectivity index (χ4v) is 2.43. The quantitative estimate of drug-likeness (QED) is 0.858. The minimum Gasteiger partial charge on any atom is -0.490 e. The number of ether oxygens (including phenoxy) is 1. The molecule has 1 atom stereocenters. The molecule has 1 unspecified atom stereocenters. The summed E-state index contributed by atoms with van der Waals surface area (Å²) in [6, 6.07) is 8.40. The topological polar surface area (TPSA) is 35.2 Å². The van der Waals surface area contributed by atoms with Crippen molar-refractivity contribution in [2.24, 2.45) is 5.73 Å². The van der Waals surface area contributed by atoms with E-state index in [0.29, 0.717) is 6.10 Å². The van der Waals surface area contributed by atoms with E-state index < -0.39 is 0 Å². The Morgan fingerprint density at radius 3 is 2.76 bits per heavy atom. The molecule has 2 N–H and O–H groups in total. The Morgan fingerprint density at radius 1 is 1.29 bits per heavy atom. The average Bonchev–Trinajstić information content (AvgIpc) is 2.39. The molecule has 0 bridgehead atoms. The number of hydrogen-bond donors (Lipinski definition) is 1. The van der Waals surface area contributed by atoms with E-state index >= 15 is 0 Å². The third kappa shape index (κ3) is 3.47. The maximum atomic E-state index is 6.04. The molecule has 0 saturated heterocycles. The molecule has 1 aromatic carbocycles. The van der Waals surface area contributed by atoms with Gasteiger partial charge in [-0.3, -0.25) is 0 Å². The van der Waals surface area contributed by atoms with Crippen molar-refractivity contribution in [3.63, 3.8) is 0 Å². The van der Waals surface area contributed by atoms with Crippen LogP contribution in [0.25, 0.3) is 0 Å². The maximum absolute atomic E-state index is 6.04. The first-order valence-corrected chi connectivity index (χ1v) is 6.82. The van der Waals surface area contributed by atoms with Gasteiger partial charge < -0.3 is 10.5 Å². The van der Waals surface area contributed by atoms with E-state index in [-0.39, 0.29) is 6.04 Å². The van der Waals surface area contributed by atoms with Crippen LogP contribution in [0.5, 0.6) is 5.75 Å². The molecular formula is C15H23NO. The molecule has 0 radical (unpaired) electrons. The van der Waals surface area contributed by atoms with Crippen molar-refractivity contribution in [2.45, 2.75) is 57.6 Å². The highest BCUT2D eigenvalue weighted by Gasteiger charge is 2.15. The maximum Gasteiger partial charge on any atom is 0.120 e. The number of rotatable bonds is 4. The van der Waals surface area contributed by atoms with Crippen LogP contribution in [-0.2, 0) is 0 Å². The second-order valence-electron chi connectivity index (χ2n) is 4.97. The highest BCUT2D eigenvalue weighted by molar-refractivity contribution is 5.30. The molecule has 1 aromatic rings. The molecular weight excluding hydrogens is 210 g/mol. The van der Waals surface area contributed by atoms with Gasteiger partial charge in [-0.05, 0) is 49.8 Å². The van der Waals surface area contributed by atoms with Crippen molar-refractivity contribution in [1.29, 1.82) is 0 Å². The lowest BCUT2D eigenvalue weighted by atomic mass is 9.97. The molecule has 0 spiro atoms. The molecule has 1 fully saturated rings. The monoisotopic (exact) mass is 233 g/mol. The van der Waals surface area contributed by atoms with Crippen LogP contribution in [0.2, 0.25) is 0 Å². The minimum atomic E-state index is 0.130. The van der Waals surface area contributed by atoms with Gasteiger partial charge in [0.05, 0.1) is 6.10 Å². The number of benzene rings is 1. The van der Waals surface area contributed by atoms with Crippen LogP contribution in [0.1, 0.15) is 57.1 Å². The lowest BCUT2D eigenvalue weighted by Crippen LogP contribution is -2.19. The molecule has 0 heterocycles. The summed E-state index contributed by atoms with van der Waals surface area (Å²) >= 11 is 0. The Hall–Kier alpha value is -1.02. The van der Waals surface area contributed by atoms with E-state index in [4.69, 9.17) is 10.5 Å². The van der Waals surface area contributed by atoms with Gasteiger partial charge in [0.15, 0.2) is 0 Å². The predicted molar refractivity (Wildman–Crippen MR) is 71.2 cm³/mol. The van der Waals surface area contributed by atoms with Gasteiger partial charge in [0, 0.05) is 6.04 Å². The Balaban J connectivity index is 2.00. The van der Waals surface area contributed by atoms with E-state index in [2.05, 4.69) is 19.1 Å². The van der Waals surface area contributed by atoms with Crippen molar-refractivity contribution in [3.8, 4) is 5.75 Å². The Labute approximate surface area is 104 Å². The zero-order valence-corrected chi connectivity index (χ0v) is 10.7. The lowest BCUT2D eigenvalue weighted by molar-refractivity contribution is 0.155. The third-order valence-electron chi connectivity index (χ3n) is 3.58. The Bertz CT molecular complexity index is 345. The van der Waals surface area contributed by atoms with Crippen LogP contribution in [0.15, 0.2) is 24.3 Å². The summed E-state index contributed by atoms with van der Waals surface area (Å²) in [6.07, 6.45) is 7.75. The molecule has 94 valence electrons. The first kappa shape index (κ1) is 12.4. The van der Waals surface area contributed by atoms with Gasteiger partial charge in [0.25, 0.3) is 0 Å². The molecule has 1 aliphatic carbocycles. The van der Waals surface area contributed by atoms with Gasteiger partial charge in [-0.1, -0.05) is 25.5 Å². The molecule has 1 saturated carbocycles. The van der Waals surface area contributed by atoms with Gasteiger partial charge in [-0.25, -0.2) is 0 Å². The highest BCUT2D eigenvalue weighted by atomic mass is 16.5. The number of nitrogens with two attached hydrogens (primary N) is 1. The van der Waals surface area contributed by atoms with Crippen LogP contribution in [0.3, 0.4) is 0 Å². The predicted octanol–water partition coefficient (Wildman–Crippen LogP) is 3.81. The van der Waals surface area contributed by atoms with Gasteiger partial charge in [0.1, 0.15) is 5.75 Å². The molecule has 1 aliphatic rings. The fourth-order valence-electron chi connectivity index (χ4n) is 2.43. The number of hydrogen-bond acceptors (Lipinski definition) is 2. The fraction of sp³-hybridized carbons (Fsp3) is 0.600. The Kier molecular flexibility index (Phi) is 4.43. The van der Waals surface area contributed by atoms with Crippen molar-refractivity contribution in [3.05, 3.63) is 29.8 Å². The van der Waals surface area contributed by atoms with Crippen LogP contribution in [0.4, 0.5) is 0 Å². The second-order valence-corrected chi connectivity index (χ2v) is 4.97. The van der Waals surface area contributed by atoms with Crippen LogP contribution >= 0.6 is 0 Å². The SMILES string of the molecule is CCC(N)c1cccc(OC2CCCCC2)c1. The first-order chi connectivity index (χ1) is 8.29. The summed E-state index contributed by atoms with van der Waals surface area (Å²) in [5.41, 5.74) is 7.22. The summed E-state index contributed by atoms with van der Waals surface area (Å²) in [4.78, 5) is 0.